The molecule has 0 saturated carbocycles. The second-order valence-electron chi connectivity index (χ2n) is 5.03. The maximum atomic E-state index is 5.45. The average molecular weight is 255 g/mol. The number of hydrogen-bond acceptors (Lipinski definition) is 2. The quantitative estimate of drug-likeness (QED) is 0.761. The van der Waals surface area contributed by atoms with Gasteiger partial charge in [-0.15, -0.1) is 6.58 Å². The number of furan rings is 1. The molecule has 2 atom stereocenters. The van der Waals surface area contributed by atoms with E-state index in [0.29, 0.717) is 0 Å². The topological polar surface area (TPSA) is 25.2 Å². The van der Waals surface area contributed by atoms with Crippen molar-refractivity contribution in [3.8, 4) is 0 Å². The summed E-state index contributed by atoms with van der Waals surface area (Å²) in [6.07, 6.45) is 2.64. The summed E-state index contributed by atoms with van der Waals surface area (Å²) in [6, 6.07) is 14.8. The Hall–Kier alpha value is -1.80. The predicted molar refractivity (Wildman–Crippen MR) is 78.9 cm³/mol. The van der Waals surface area contributed by atoms with E-state index in [2.05, 4.69) is 50.0 Å². The van der Waals surface area contributed by atoms with E-state index in [4.69, 9.17) is 4.42 Å². The fourth-order valence-corrected chi connectivity index (χ4v) is 2.23. The molecular weight excluding hydrogens is 234 g/mol. The molecule has 2 nitrogen and oxygen atoms in total. The van der Waals surface area contributed by atoms with Crippen LogP contribution in [-0.4, -0.2) is 0 Å². The van der Waals surface area contributed by atoms with E-state index in [-0.39, 0.29) is 12.1 Å². The SMILES string of the molecule is C=C(C)C[C@H](N[C@@H](C)c1ccco1)c1ccccc1. The van der Waals surface area contributed by atoms with Crippen molar-refractivity contribution in [3.05, 3.63) is 72.2 Å². The number of rotatable bonds is 6. The van der Waals surface area contributed by atoms with Crippen LogP contribution in [0.1, 0.15) is 43.7 Å². The van der Waals surface area contributed by atoms with Gasteiger partial charge in [-0.3, -0.25) is 0 Å². The lowest BCUT2D eigenvalue weighted by atomic mass is 9.99. The van der Waals surface area contributed by atoms with Crippen LogP contribution in [-0.2, 0) is 0 Å². The lowest BCUT2D eigenvalue weighted by Gasteiger charge is -2.23. The Bertz CT molecular complexity index is 501. The van der Waals surface area contributed by atoms with Gasteiger partial charge in [-0.25, -0.2) is 0 Å². The zero-order valence-corrected chi connectivity index (χ0v) is 11.6. The van der Waals surface area contributed by atoms with Gasteiger partial charge < -0.3 is 9.73 Å². The van der Waals surface area contributed by atoms with Gasteiger partial charge in [0, 0.05) is 6.04 Å². The summed E-state index contributed by atoms with van der Waals surface area (Å²) in [5.41, 5.74) is 2.46. The number of benzene rings is 1. The van der Waals surface area contributed by atoms with E-state index in [9.17, 15) is 0 Å². The maximum absolute atomic E-state index is 5.45. The molecule has 1 heterocycles. The molecule has 1 aromatic heterocycles. The molecule has 1 aromatic carbocycles. The Balaban J connectivity index is 2.12. The third kappa shape index (κ3) is 3.83. The molecule has 19 heavy (non-hydrogen) atoms. The minimum absolute atomic E-state index is 0.180. The molecule has 100 valence electrons. The van der Waals surface area contributed by atoms with E-state index in [1.54, 1.807) is 6.26 Å². The van der Waals surface area contributed by atoms with Gasteiger partial charge in [0.15, 0.2) is 0 Å². The van der Waals surface area contributed by atoms with E-state index < -0.39 is 0 Å². The Morgan fingerprint density at radius 3 is 2.53 bits per heavy atom. The van der Waals surface area contributed by atoms with Crippen LogP contribution >= 0.6 is 0 Å². The molecule has 0 amide bonds. The van der Waals surface area contributed by atoms with E-state index in [1.165, 1.54) is 11.1 Å². The van der Waals surface area contributed by atoms with Gasteiger partial charge in [-0.2, -0.15) is 0 Å². The largest absolute Gasteiger partial charge is 0.468 e. The molecule has 0 bridgehead atoms. The van der Waals surface area contributed by atoms with Crippen molar-refractivity contribution < 1.29 is 4.42 Å². The Kier molecular flexibility index (Phi) is 4.58. The Morgan fingerprint density at radius 2 is 1.95 bits per heavy atom. The van der Waals surface area contributed by atoms with Crippen molar-refractivity contribution in [2.75, 3.05) is 0 Å². The van der Waals surface area contributed by atoms with Gasteiger partial charge in [0.1, 0.15) is 5.76 Å². The van der Waals surface area contributed by atoms with Gasteiger partial charge in [0.05, 0.1) is 12.3 Å². The van der Waals surface area contributed by atoms with Gasteiger partial charge in [0.2, 0.25) is 0 Å². The standard InChI is InChI=1S/C17H21NO/c1-13(2)12-16(15-8-5-4-6-9-15)18-14(3)17-10-7-11-19-17/h4-11,14,16,18H,1,12H2,2-3H3/t14-,16-/m0/s1. The van der Waals surface area contributed by atoms with E-state index in [0.717, 1.165) is 12.2 Å². The highest BCUT2D eigenvalue weighted by Gasteiger charge is 2.16. The van der Waals surface area contributed by atoms with Crippen molar-refractivity contribution in [2.45, 2.75) is 32.4 Å². The molecule has 0 aliphatic heterocycles. The maximum Gasteiger partial charge on any atom is 0.120 e. The zero-order chi connectivity index (χ0) is 13.7. The van der Waals surface area contributed by atoms with Crippen LogP contribution < -0.4 is 5.32 Å². The fraction of sp³-hybridized carbons (Fsp3) is 0.294. The third-order valence-corrected chi connectivity index (χ3v) is 3.18. The zero-order valence-electron chi connectivity index (χ0n) is 11.6. The van der Waals surface area contributed by atoms with Gasteiger partial charge in [-0.1, -0.05) is 35.9 Å². The van der Waals surface area contributed by atoms with Crippen LogP contribution in [0.4, 0.5) is 0 Å². The summed E-state index contributed by atoms with van der Waals surface area (Å²) in [6.45, 7) is 8.21. The molecule has 0 spiro atoms. The van der Waals surface area contributed by atoms with E-state index in [1.807, 2.05) is 18.2 Å². The molecule has 2 aromatic rings. The fourth-order valence-electron chi connectivity index (χ4n) is 2.23. The number of nitrogens with one attached hydrogen (secondary N) is 1. The van der Waals surface area contributed by atoms with Gasteiger partial charge >= 0.3 is 0 Å². The minimum Gasteiger partial charge on any atom is -0.468 e. The summed E-state index contributed by atoms with van der Waals surface area (Å²) in [4.78, 5) is 0. The predicted octanol–water partition coefficient (Wildman–Crippen LogP) is 4.64. The highest BCUT2D eigenvalue weighted by molar-refractivity contribution is 5.21. The second-order valence-corrected chi connectivity index (χ2v) is 5.03. The first-order valence-electron chi connectivity index (χ1n) is 6.65. The van der Waals surface area contributed by atoms with Crippen molar-refractivity contribution in [1.82, 2.24) is 5.32 Å². The monoisotopic (exact) mass is 255 g/mol. The molecule has 2 heteroatoms. The molecule has 0 fully saturated rings. The molecule has 0 radical (unpaired) electrons. The highest BCUT2D eigenvalue weighted by Crippen LogP contribution is 2.24. The van der Waals surface area contributed by atoms with Crippen LogP contribution in [0.5, 0.6) is 0 Å². The molecule has 0 unspecified atom stereocenters. The van der Waals surface area contributed by atoms with Crippen LogP contribution in [0, 0.1) is 0 Å². The van der Waals surface area contributed by atoms with Crippen LogP contribution in [0.2, 0.25) is 0 Å². The van der Waals surface area contributed by atoms with Crippen LogP contribution in [0.15, 0.2) is 65.3 Å². The molecule has 2 rings (SSSR count). The van der Waals surface area contributed by atoms with Crippen molar-refractivity contribution >= 4 is 0 Å². The molecule has 1 N–H and O–H groups in total. The molecule has 0 aliphatic rings. The van der Waals surface area contributed by atoms with Crippen LogP contribution in [0.25, 0.3) is 0 Å². The van der Waals surface area contributed by atoms with Crippen molar-refractivity contribution in [2.24, 2.45) is 0 Å². The minimum atomic E-state index is 0.180. The second kappa shape index (κ2) is 6.39. The van der Waals surface area contributed by atoms with Gasteiger partial charge in [-0.05, 0) is 38.0 Å². The Labute approximate surface area is 115 Å². The first-order valence-corrected chi connectivity index (χ1v) is 6.65. The highest BCUT2D eigenvalue weighted by atomic mass is 16.3. The normalized spacial score (nSPS) is 14.0. The average Bonchev–Trinajstić information content (AvgIpc) is 2.92. The van der Waals surface area contributed by atoms with Crippen molar-refractivity contribution in [1.29, 1.82) is 0 Å². The summed E-state index contributed by atoms with van der Waals surface area (Å²) in [5.74, 6) is 0.961. The Morgan fingerprint density at radius 1 is 1.21 bits per heavy atom. The summed E-state index contributed by atoms with van der Waals surface area (Å²) in [7, 11) is 0. The number of hydrogen-bond donors (Lipinski definition) is 1. The van der Waals surface area contributed by atoms with E-state index >= 15 is 0 Å². The molecule has 0 aliphatic carbocycles. The molecule has 0 saturated heterocycles. The van der Waals surface area contributed by atoms with Crippen molar-refractivity contribution in [3.63, 3.8) is 0 Å². The third-order valence-electron chi connectivity index (χ3n) is 3.18. The first kappa shape index (κ1) is 13.6. The smallest absolute Gasteiger partial charge is 0.120 e. The lowest BCUT2D eigenvalue weighted by Crippen LogP contribution is -2.24. The van der Waals surface area contributed by atoms with Gasteiger partial charge in [0.25, 0.3) is 0 Å². The first-order chi connectivity index (χ1) is 9.16. The summed E-state index contributed by atoms with van der Waals surface area (Å²) < 4.78 is 5.45. The lowest BCUT2D eigenvalue weighted by molar-refractivity contribution is 0.390. The summed E-state index contributed by atoms with van der Waals surface area (Å²) in [5, 5.41) is 3.61. The van der Waals surface area contributed by atoms with Crippen LogP contribution in [0.3, 0.4) is 0 Å². The molecular formula is C17H21NO. The summed E-state index contributed by atoms with van der Waals surface area (Å²) >= 11 is 0.